The van der Waals surface area contributed by atoms with Crippen LogP contribution in [-0.2, 0) is 11.8 Å². The van der Waals surface area contributed by atoms with Crippen LogP contribution in [0.25, 0.3) is 0 Å². The maximum atomic E-state index is 12.5. The van der Waals surface area contributed by atoms with Gasteiger partial charge in [0.1, 0.15) is 5.75 Å². The highest BCUT2D eigenvalue weighted by Gasteiger charge is 2.22. The Morgan fingerprint density at radius 3 is 2.57 bits per heavy atom. The number of thioether (sulfide) groups is 1. The molecule has 1 aromatic carbocycles. The number of nitrogens with zero attached hydrogens (tertiary/aromatic N) is 4. The number of hydrogen-bond acceptors (Lipinski definition) is 8. The number of carbonyl (C=O) groups excluding carboxylic acids is 2. The zero-order valence-corrected chi connectivity index (χ0v) is 18.6. The van der Waals surface area contributed by atoms with Crippen molar-refractivity contribution in [2.45, 2.75) is 30.3 Å². The number of benzene rings is 1. The van der Waals surface area contributed by atoms with E-state index in [0.29, 0.717) is 27.4 Å². The van der Waals surface area contributed by atoms with Gasteiger partial charge in [-0.2, -0.15) is 0 Å². The second kappa shape index (κ2) is 9.72. The van der Waals surface area contributed by atoms with Crippen LogP contribution in [0.1, 0.15) is 36.1 Å². The van der Waals surface area contributed by atoms with E-state index in [0.717, 1.165) is 0 Å². The van der Waals surface area contributed by atoms with Crippen LogP contribution < -0.4 is 15.4 Å². The van der Waals surface area contributed by atoms with Crippen LogP contribution in [0.5, 0.6) is 5.75 Å². The molecule has 0 spiro atoms. The minimum Gasteiger partial charge on any atom is -0.497 e. The summed E-state index contributed by atoms with van der Waals surface area (Å²) < 4.78 is 6.88. The number of anilines is 1. The van der Waals surface area contributed by atoms with E-state index in [4.69, 9.17) is 4.74 Å². The number of thiazole rings is 1. The van der Waals surface area contributed by atoms with Gasteiger partial charge in [0.15, 0.2) is 16.1 Å². The molecule has 0 unspecified atom stereocenters. The molecule has 0 fully saturated rings. The van der Waals surface area contributed by atoms with Crippen molar-refractivity contribution in [3.8, 4) is 5.75 Å². The number of methoxy groups -OCH3 is 1. The fourth-order valence-corrected chi connectivity index (χ4v) is 3.95. The van der Waals surface area contributed by atoms with E-state index in [1.807, 2.05) is 6.92 Å². The molecule has 2 heterocycles. The highest BCUT2D eigenvalue weighted by Crippen LogP contribution is 2.25. The lowest BCUT2D eigenvalue weighted by atomic mass is 10.2. The van der Waals surface area contributed by atoms with Crippen LogP contribution in [0, 0.1) is 0 Å². The molecule has 158 valence electrons. The topological polar surface area (TPSA) is 111 Å². The van der Waals surface area contributed by atoms with Crippen molar-refractivity contribution < 1.29 is 14.3 Å². The Kier molecular flexibility index (Phi) is 7.06. The van der Waals surface area contributed by atoms with Crippen molar-refractivity contribution >= 4 is 40.0 Å². The number of carbonyl (C=O) groups is 2. The van der Waals surface area contributed by atoms with Gasteiger partial charge in [-0.3, -0.25) is 9.59 Å². The number of nitrogens with one attached hydrogen (secondary N) is 2. The molecule has 3 rings (SSSR count). The molecule has 3 aromatic rings. The molecule has 2 amide bonds. The molecule has 0 aliphatic carbocycles. The predicted molar refractivity (Wildman–Crippen MR) is 116 cm³/mol. The summed E-state index contributed by atoms with van der Waals surface area (Å²) in [5.74, 6) is 0.883. The molecule has 2 atom stereocenters. The Morgan fingerprint density at radius 1 is 1.20 bits per heavy atom. The van der Waals surface area contributed by atoms with Gasteiger partial charge >= 0.3 is 0 Å². The van der Waals surface area contributed by atoms with Gasteiger partial charge in [-0.05, 0) is 38.1 Å². The van der Waals surface area contributed by atoms with Crippen molar-refractivity contribution in [2.24, 2.45) is 7.05 Å². The summed E-state index contributed by atoms with van der Waals surface area (Å²) in [6, 6.07) is 6.48. The lowest BCUT2D eigenvalue weighted by Gasteiger charge is -2.14. The van der Waals surface area contributed by atoms with Gasteiger partial charge in [-0.1, -0.05) is 11.8 Å². The Labute approximate surface area is 182 Å². The maximum absolute atomic E-state index is 12.5. The van der Waals surface area contributed by atoms with E-state index in [9.17, 15) is 9.59 Å². The molecule has 2 aromatic heterocycles. The Hall–Kier alpha value is -2.92. The summed E-state index contributed by atoms with van der Waals surface area (Å²) in [5.41, 5.74) is 0.520. The summed E-state index contributed by atoms with van der Waals surface area (Å²) in [5, 5.41) is 16.6. The van der Waals surface area contributed by atoms with Crippen LogP contribution in [0.15, 0.2) is 41.0 Å². The molecular weight excluding hydrogens is 424 g/mol. The second-order valence-electron chi connectivity index (χ2n) is 6.41. The molecule has 9 nitrogen and oxygen atoms in total. The van der Waals surface area contributed by atoms with Crippen LogP contribution in [0.4, 0.5) is 5.13 Å². The molecule has 0 radical (unpaired) electrons. The molecule has 0 aliphatic rings. The number of ether oxygens (including phenoxy) is 1. The molecule has 0 bridgehead atoms. The Bertz CT molecular complexity index is 1000. The zero-order valence-electron chi connectivity index (χ0n) is 16.9. The predicted octanol–water partition coefficient (Wildman–Crippen LogP) is 2.89. The summed E-state index contributed by atoms with van der Waals surface area (Å²) in [4.78, 5) is 28.9. The summed E-state index contributed by atoms with van der Waals surface area (Å²) in [7, 11) is 3.38. The quantitative estimate of drug-likeness (QED) is 0.512. The van der Waals surface area contributed by atoms with Gasteiger partial charge in [0.2, 0.25) is 5.91 Å². The van der Waals surface area contributed by atoms with Gasteiger partial charge < -0.3 is 19.9 Å². The smallest absolute Gasteiger partial charge is 0.251 e. The molecule has 0 saturated carbocycles. The SMILES string of the molecule is COc1ccc(C(=O)N[C@@H](C)c2nnc(S[C@@H](C)C(=O)Nc3nccs3)n2C)cc1. The minimum absolute atomic E-state index is 0.166. The van der Waals surface area contributed by atoms with Crippen molar-refractivity contribution in [2.75, 3.05) is 12.4 Å². The first-order valence-electron chi connectivity index (χ1n) is 9.10. The van der Waals surface area contributed by atoms with Gasteiger partial charge in [0, 0.05) is 24.2 Å². The molecular formula is C19H22N6O3S2. The normalized spacial score (nSPS) is 12.8. The Balaban J connectivity index is 1.61. The number of hydrogen-bond donors (Lipinski definition) is 2. The van der Waals surface area contributed by atoms with Gasteiger partial charge in [0.05, 0.1) is 18.4 Å². The van der Waals surface area contributed by atoms with Crippen molar-refractivity contribution in [1.29, 1.82) is 0 Å². The number of amides is 2. The number of aromatic nitrogens is 4. The average Bonchev–Trinajstić information content (AvgIpc) is 3.38. The van der Waals surface area contributed by atoms with E-state index < -0.39 is 5.25 Å². The van der Waals surface area contributed by atoms with Gasteiger partial charge in [-0.25, -0.2) is 4.98 Å². The summed E-state index contributed by atoms with van der Waals surface area (Å²) >= 11 is 2.64. The zero-order chi connectivity index (χ0) is 21.7. The van der Waals surface area contributed by atoms with Crippen molar-refractivity contribution in [1.82, 2.24) is 25.1 Å². The molecule has 0 saturated heterocycles. The highest BCUT2D eigenvalue weighted by atomic mass is 32.2. The second-order valence-corrected chi connectivity index (χ2v) is 8.61. The largest absolute Gasteiger partial charge is 0.497 e. The first-order valence-corrected chi connectivity index (χ1v) is 10.9. The first-order chi connectivity index (χ1) is 14.4. The fraction of sp³-hybridized carbons (Fsp3) is 0.316. The van der Waals surface area contributed by atoms with Gasteiger partial charge in [0.25, 0.3) is 5.91 Å². The van der Waals surface area contributed by atoms with E-state index >= 15 is 0 Å². The monoisotopic (exact) mass is 446 g/mol. The van der Waals surface area contributed by atoms with E-state index in [1.54, 1.807) is 61.5 Å². The third-order valence-corrected chi connectivity index (χ3v) is 6.09. The average molecular weight is 447 g/mol. The van der Waals surface area contributed by atoms with E-state index in [1.165, 1.54) is 23.1 Å². The minimum atomic E-state index is -0.395. The third kappa shape index (κ3) is 5.16. The summed E-state index contributed by atoms with van der Waals surface area (Å²) in [6.07, 6.45) is 1.63. The lowest BCUT2D eigenvalue weighted by Crippen LogP contribution is -2.28. The van der Waals surface area contributed by atoms with Crippen LogP contribution in [0.2, 0.25) is 0 Å². The number of rotatable bonds is 8. The van der Waals surface area contributed by atoms with Crippen LogP contribution in [-0.4, -0.2) is 43.9 Å². The summed E-state index contributed by atoms with van der Waals surface area (Å²) in [6.45, 7) is 3.62. The van der Waals surface area contributed by atoms with Crippen molar-refractivity contribution in [3.05, 3.63) is 47.2 Å². The van der Waals surface area contributed by atoms with Gasteiger partial charge in [-0.15, -0.1) is 21.5 Å². The third-order valence-electron chi connectivity index (χ3n) is 4.27. The maximum Gasteiger partial charge on any atom is 0.251 e. The lowest BCUT2D eigenvalue weighted by molar-refractivity contribution is -0.115. The molecule has 2 N–H and O–H groups in total. The van der Waals surface area contributed by atoms with Crippen LogP contribution in [0.3, 0.4) is 0 Å². The Morgan fingerprint density at radius 2 is 1.93 bits per heavy atom. The highest BCUT2D eigenvalue weighted by molar-refractivity contribution is 8.00. The van der Waals surface area contributed by atoms with Crippen LogP contribution >= 0.6 is 23.1 Å². The van der Waals surface area contributed by atoms with E-state index in [2.05, 4.69) is 25.8 Å². The molecule has 11 heteroatoms. The van der Waals surface area contributed by atoms with E-state index in [-0.39, 0.29) is 17.9 Å². The fourth-order valence-electron chi connectivity index (χ4n) is 2.60. The molecule has 30 heavy (non-hydrogen) atoms. The van der Waals surface area contributed by atoms with Crippen molar-refractivity contribution in [3.63, 3.8) is 0 Å². The standard InChI is InChI=1S/C19H22N6O3S2/c1-11(21-17(27)13-5-7-14(28-4)8-6-13)15-23-24-19(25(15)3)30-12(2)16(26)22-18-20-9-10-29-18/h5-12H,1-4H3,(H,21,27)(H,20,22,26)/t11-,12-/m0/s1. The first kappa shape index (κ1) is 21.8. The molecule has 0 aliphatic heterocycles.